The van der Waals surface area contributed by atoms with Crippen LogP contribution < -0.4 is 0 Å². The van der Waals surface area contributed by atoms with Crippen molar-refractivity contribution in [3.63, 3.8) is 0 Å². The van der Waals surface area contributed by atoms with Crippen molar-refractivity contribution in [3.05, 3.63) is 76.0 Å². The standard InChI is InChI=1S/C19H16BrN3O2/c1-12(20)17-13(2)21-19(14-7-4-3-5-8-14)22-18(17)15-9-6-10-16(11-15)23(24)25/h3-12H,1-2H3. The van der Waals surface area contributed by atoms with Crippen LogP contribution in [0.25, 0.3) is 22.6 Å². The molecular formula is C19H16BrN3O2. The number of halogens is 1. The Bertz CT molecular complexity index is 927. The van der Waals surface area contributed by atoms with E-state index in [4.69, 9.17) is 4.98 Å². The molecule has 126 valence electrons. The first-order chi connectivity index (χ1) is 12.0. The van der Waals surface area contributed by atoms with Gasteiger partial charge in [0.15, 0.2) is 5.82 Å². The van der Waals surface area contributed by atoms with Crippen molar-refractivity contribution in [3.8, 4) is 22.6 Å². The van der Waals surface area contributed by atoms with E-state index in [0.29, 0.717) is 17.1 Å². The molecule has 0 fully saturated rings. The van der Waals surface area contributed by atoms with E-state index in [-0.39, 0.29) is 10.5 Å². The van der Waals surface area contributed by atoms with Crippen LogP contribution in [0.3, 0.4) is 0 Å². The molecule has 6 heteroatoms. The molecule has 0 saturated heterocycles. The summed E-state index contributed by atoms with van der Waals surface area (Å²) in [6.45, 7) is 3.93. The Hall–Kier alpha value is -2.60. The molecule has 5 nitrogen and oxygen atoms in total. The smallest absolute Gasteiger partial charge is 0.258 e. The Kier molecular flexibility index (Phi) is 4.90. The quantitative estimate of drug-likeness (QED) is 0.331. The molecule has 3 rings (SSSR count). The maximum atomic E-state index is 11.1. The maximum absolute atomic E-state index is 11.1. The Morgan fingerprint density at radius 3 is 2.36 bits per heavy atom. The Balaban J connectivity index is 2.25. The topological polar surface area (TPSA) is 68.9 Å². The van der Waals surface area contributed by atoms with E-state index in [0.717, 1.165) is 16.8 Å². The summed E-state index contributed by atoms with van der Waals surface area (Å²) in [5.74, 6) is 0.608. The van der Waals surface area contributed by atoms with Crippen LogP contribution in [0.1, 0.15) is 23.0 Å². The van der Waals surface area contributed by atoms with Gasteiger partial charge in [0, 0.05) is 39.3 Å². The van der Waals surface area contributed by atoms with Crippen molar-refractivity contribution in [1.29, 1.82) is 0 Å². The van der Waals surface area contributed by atoms with E-state index in [1.165, 1.54) is 6.07 Å². The van der Waals surface area contributed by atoms with E-state index in [1.54, 1.807) is 12.1 Å². The average molecular weight is 398 g/mol. The summed E-state index contributed by atoms with van der Waals surface area (Å²) in [7, 11) is 0. The van der Waals surface area contributed by atoms with Gasteiger partial charge >= 0.3 is 0 Å². The SMILES string of the molecule is Cc1nc(-c2ccccc2)nc(-c2cccc([N+](=O)[O-])c2)c1C(C)Br. The van der Waals surface area contributed by atoms with Gasteiger partial charge in [-0.15, -0.1) is 0 Å². The van der Waals surface area contributed by atoms with Crippen LogP contribution in [-0.2, 0) is 0 Å². The van der Waals surface area contributed by atoms with E-state index >= 15 is 0 Å². The molecule has 25 heavy (non-hydrogen) atoms. The summed E-state index contributed by atoms with van der Waals surface area (Å²) in [4.78, 5) is 20.1. The Morgan fingerprint density at radius 1 is 1.04 bits per heavy atom. The molecule has 0 aliphatic carbocycles. The first-order valence-corrected chi connectivity index (χ1v) is 8.72. The molecular weight excluding hydrogens is 382 g/mol. The summed E-state index contributed by atoms with van der Waals surface area (Å²) in [5.41, 5.74) is 4.15. The fraction of sp³-hybridized carbons (Fsp3) is 0.158. The fourth-order valence-electron chi connectivity index (χ4n) is 2.76. The van der Waals surface area contributed by atoms with Crippen molar-refractivity contribution in [2.75, 3.05) is 0 Å². The monoisotopic (exact) mass is 397 g/mol. The zero-order valence-electron chi connectivity index (χ0n) is 13.8. The molecule has 0 spiro atoms. The lowest BCUT2D eigenvalue weighted by atomic mass is 10.0. The van der Waals surface area contributed by atoms with E-state index in [2.05, 4.69) is 20.9 Å². The molecule has 0 N–H and O–H groups in total. The van der Waals surface area contributed by atoms with Gasteiger partial charge in [0.25, 0.3) is 5.69 Å². The molecule has 0 aliphatic rings. The van der Waals surface area contributed by atoms with Crippen molar-refractivity contribution in [2.45, 2.75) is 18.7 Å². The largest absolute Gasteiger partial charge is 0.270 e. The molecule has 1 heterocycles. The van der Waals surface area contributed by atoms with Crippen LogP contribution in [0.15, 0.2) is 54.6 Å². The van der Waals surface area contributed by atoms with Gasteiger partial charge in [-0.25, -0.2) is 9.97 Å². The van der Waals surface area contributed by atoms with Crippen molar-refractivity contribution in [2.24, 2.45) is 0 Å². The third kappa shape index (κ3) is 3.58. The molecule has 1 atom stereocenters. The average Bonchev–Trinajstić information content (AvgIpc) is 2.61. The molecule has 0 amide bonds. The highest BCUT2D eigenvalue weighted by Gasteiger charge is 2.19. The normalized spacial score (nSPS) is 12.0. The highest BCUT2D eigenvalue weighted by Crippen LogP contribution is 2.35. The van der Waals surface area contributed by atoms with Crippen LogP contribution >= 0.6 is 15.9 Å². The maximum Gasteiger partial charge on any atom is 0.270 e. The number of nitro benzene ring substituents is 1. The van der Waals surface area contributed by atoms with Crippen LogP contribution in [0.4, 0.5) is 5.69 Å². The summed E-state index contributed by atoms with van der Waals surface area (Å²) < 4.78 is 0. The molecule has 1 aromatic heterocycles. The number of alkyl halides is 1. The second-order valence-corrected chi connectivity index (χ2v) is 7.06. The summed E-state index contributed by atoms with van der Waals surface area (Å²) in [6.07, 6.45) is 0. The molecule has 0 saturated carbocycles. The van der Waals surface area contributed by atoms with Crippen LogP contribution in [-0.4, -0.2) is 14.9 Å². The first-order valence-electron chi connectivity index (χ1n) is 7.80. The number of aromatic nitrogens is 2. The molecule has 2 aromatic carbocycles. The Labute approximate surface area is 154 Å². The van der Waals surface area contributed by atoms with Crippen LogP contribution in [0.5, 0.6) is 0 Å². The third-order valence-corrected chi connectivity index (χ3v) is 4.35. The number of non-ortho nitro benzene ring substituents is 1. The van der Waals surface area contributed by atoms with Gasteiger partial charge in [0.05, 0.1) is 10.6 Å². The van der Waals surface area contributed by atoms with E-state index in [1.807, 2.05) is 50.2 Å². The highest BCUT2D eigenvalue weighted by atomic mass is 79.9. The number of hydrogen-bond donors (Lipinski definition) is 0. The molecule has 0 radical (unpaired) electrons. The molecule has 1 unspecified atom stereocenters. The van der Waals surface area contributed by atoms with Gasteiger partial charge in [-0.3, -0.25) is 10.1 Å². The fourth-order valence-corrected chi connectivity index (χ4v) is 3.31. The second kappa shape index (κ2) is 7.11. The predicted octanol–water partition coefficient (Wildman–Crippen LogP) is 5.48. The minimum absolute atomic E-state index is 0.0200. The second-order valence-electron chi connectivity index (χ2n) is 5.68. The van der Waals surface area contributed by atoms with Gasteiger partial charge in [-0.05, 0) is 13.8 Å². The van der Waals surface area contributed by atoms with Gasteiger partial charge in [0.1, 0.15) is 0 Å². The number of nitro groups is 1. The number of hydrogen-bond acceptors (Lipinski definition) is 4. The van der Waals surface area contributed by atoms with Crippen LogP contribution in [0, 0.1) is 17.0 Å². The lowest BCUT2D eigenvalue weighted by molar-refractivity contribution is -0.384. The van der Waals surface area contributed by atoms with Gasteiger partial charge in [-0.1, -0.05) is 58.4 Å². The minimum atomic E-state index is -0.396. The van der Waals surface area contributed by atoms with Crippen molar-refractivity contribution < 1.29 is 4.92 Å². The number of rotatable bonds is 4. The zero-order valence-corrected chi connectivity index (χ0v) is 15.4. The van der Waals surface area contributed by atoms with E-state index < -0.39 is 4.92 Å². The third-order valence-electron chi connectivity index (χ3n) is 3.90. The van der Waals surface area contributed by atoms with Gasteiger partial charge < -0.3 is 0 Å². The summed E-state index contributed by atoms with van der Waals surface area (Å²) in [5, 5.41) is 11.1. The summed E-state index contributed by atoms with van der Waals surface area (Å²) in [6, 6.07) is 16.2. The zero-order chi connectivity index (χ0) is 18.0. The molecule has 3 aromatic rings. The molecule has 0 aliphatic heterocycles. The van der Waals surface area contributed by atoms with Gasteiger partial charge in [0.2, 0.25) is 0 Å². The van der Waals surface area contributed by atoms with Gasteiger partial charge in [-0.2, -0.15) is 0 Å². The highest BCUT2D eigenvalue weighted by molar-refractivity contribution is 9.09. The Morgan fingerprint density at radius 2 is 1.72 bits per heavy atom. The number of aryl methyl sites for hydroxylation is 1. The van der Waals surface area contributed by atoms with Crippen LogP contribution in [0.2, 0.25) is 0 Å². The lowest BCUT2D eigenvalue weighted by Gasteiger charge is -2.15. The van der Waals surface area contributed by atoms with Crippen molar-refractivity contribution in [1.82, 2.24) is 9.97 Å². The first kappa shape index (κ1) is 17.2. The predicted molar refractivity (Wildman–Crippen MR) is 102 cm³/mol. The lowest BCUT2D eigenvalue weighted by Crippen LogP contribution is -2.03. The van der Waals surface area contributed by atoms with Crippen molar-refractivity contribution >= 4 is 21.6 Å². The molecule has 0 bridgehead atoms. The number of nitrogens with zero attached hydrogens (tertiary/aromatic N) is 3. The number of benzene rings is 2. The summed E-state index contributed by atoms with van der Waals surface area (Å²) >= 11 is 3.60. The minimum Gasteiger partial charge on any atom is -0.258 e. The van der Waals surface area contributed by atoms with E-state index in [9.17, 15) is 10.1 Å².